The van der Waals surface area contributed by atoms with E-state index >= 15 is 0 Å². The summed E-state index contributed by atoms with van der Waals surface area (Å²) in [6.07, 6.45) is 0.494. The lowest BCUT2D eigenvalue weighted by Gasteiger charge is -2.47. The van der Waals surface area contributed by atoms with E-state index in [1.165, 1.54) is 6.92 Å². The third-order valence-corrected chi connectivity index (χ3v) is 5.83. The highest BCUT2D eigenvalue weighted by molar-refractivity contribution is 9.10. The Kier molecular flexibility index (Phi) is 2.67. The van der Waals surface area contributed by atoms with E-state index in [1.54, 1.807) is 13.8 Å². The fourth-order valence-electron chi connectivity index (χ4n) is 2.20. The van der Waals surface area contributed by atoms with Gasteiger partial charge in [0.25, 0.3) is 0 Å². The van der Waals surface area contributed by atoms with Gasteiger partial charge < -0.3 is 19.8 Å². The van der Waals surface area contributed by atoms with Crippen molar-refractivity contribution in [3.8, 4) is 0 Å². The van der Waals surface area contributed by atoms with Gasteiger partial charge in [-0.15, -0.1) is 0 Å². The van der Waals surface area contributed by atoms with Gasteiger partial charge in [0.05, 0.1) is 10.3 Å². The summed E-state index contributed by atoms with van der Waals surface area (Å²) in [5.41, 5.74) is -2.12. The van der Waals surface area contributed by atoms with Crippen LogP contribution in [-0.4, -0.2) is 16.3 Å². The van der Waals surface area contributed by atoms with Gasteiger partial charge in [0.15, 0.2) is 0 Å². The SMILES string of the molecule is CC1(C)[C@](C)(C(=O)[O-])CC[C@@]1(Br)C(=O)[O-]. The van der Waals surface area contributed by atoms with E-state index in [0.717, 1.165) is 0 Å². The van der Waals surface area contributed by atoms with Gasteiger partial charge in [0, 0.05) is 11.4 Å². The lowest BCUT2D eigenvalue weighted by Crippen LogP contribution is -2.57. The molecular weight excluding hydrogens is 264 g/mol. The second-order valence-corrected chi connectivity index (χ2v) is 6.19. The van der Waals surface area contributed by atoms with Gasteiger partial charge in [-0.1, -0.05) is 36.7 Å². The van der Waals surface area contributed by atoms with Gasteiger partial charge in [-0.3, -0.25) is 0 Å². The van der Waals surface area contributed by atoms with Crippen LogP contribution in [0, 0.1) is 10.8 Å². The Balaban J connectivity index is 3.26. The highest BCUT2D eigenvalue weighted by Gasteiger charge is 2.60. The first kappa shape index (κ1) is 12.5. The van der Waals surface area contributed by atoms with Crippen LogP contribution in [0.4, 0.5) is 0 Å². The van der Waals surface area contributed by atoms with Crippen molar-refractivity contribution in [2.45, 2.75) is 37.9 Å². The van der Waals surface area contributed by atoms with Crippen molar-refractivity contribution in [2.75, 3.05) is 0 Å². The number of rotatable bonds is 2. The molecule has 0 aliphatic heterocycles. The van der Waals surface area contributed by atoms with Crippen LogP contribution in [0.1, 0.15) is 33.6 Å². The van der Waals surface area contributed by atoms with Gasteiger partial charge in [0.2, 0.25) is 0 Å². The van der Waals surface area contributed by atoms with Gasteiger partial charge in [-0.2, -0.15) is 0 Å². The van der Waals surface area contributed by atoms with E-state index in [9.17, 15) is 19.8 Å². The number of hydrogen-bond donors (Lipinski definition) is 0. The molecule has 0 spiro atoms. The van der Waals surface area contributed by atoms with Crippen LogP contribution in [0.25, 0.3) is 0 Å². The number of carboxylic acid groups (broad SMARTS) is 2. The summed E-state index contributed by atoms with van der Waals surface area (Å²) < 4.78 is -1.30. The average molecular weight is 277 g/mol. The maximum absolute atomic E-state index is 11.1. The van der Waals surface area contributed by atoms with Gasteiger partial charge in [-0.05, 0) is 18.3 Å². The number of hydrogen-bond acceptors (Lipinski definition) is 4. The predicted molar refractivity (Wildman–Crippen MR) is 52.8 cm³/mol. The van der Waals surface area contributed by atoms with Crippen molar-refractivity contribution in [3.05, 3.63) is 0 Å². The molecule has 1 rings (SSSR count). The van der Waals surface area contributed by atoms with E-state index in [-0.39, 0.29) is 12.8 Å². The zero-order chi connectivity index (χ0) is 12.1. The third-order valence-electron chi connectivity index (χ3n) is 4.11. The zero-order valence-corrected chi connectivity index (χ0v) is 10.5. The molecule has 1 aliphatic rings. The van der Waals surface area contributed by atoms with Crippen LogP contribution < -0.4 is 10.2 Å². The number of alkyl halides is 1. The molecule has 0 radical (unpaired) electrons. The zero-order valence-electron chi connectivity index (χ0n) is 8.93. The maximum atomic E-state index is 11.1. The molecule has 1 aliphatic carbocycles. The highest BCUT2D eigenvalue weighted by atomic mass is 79.9. The van der Waals surface area contributed by atoms with Crippen LogP contribution in [0.15, 0.2) is 0 Å². The second-order valence-electron chi connectivity index (χ2n) is 4.83. The van der Waals surface area contributed by atoms with Crippen molar-refractivity contribution < 1.29 is 19.8 Å². The molecule has 0 N–H and O–H groups in total. The van der Waals surface area contributed by atoms with Gasteiger partial charge in [0.1, 0.15) is 0 Å². The van der Waals surface area contributed by atoms with Crippen molar-refractivity contribution >= 4 is 27.9 Å². The smallest absolute Gasteiger partial charge is 0.0711 e. The van der Waals surface area contributed by atoms with E-state index in [4.69, 9.17) is 0 Å². The minimum atomic E-state index is -1.30. The Hall–Kier alpha value is -0.580. The number of carbonyl (C=O) groups is 2. The molecule has 0 unspecified atom stereocenters. The summed E-state index contributed by atoms with van der Waals surface area (Å²) in [4.78, 5) is 22.2. The van der Waals surface area contributed by atoms with E-state index in [1.807, 2.05) is 0 Å². The fraction of sp³-hybridized carbons (Fsp3) is 0.800. The highest BCUT2D eigenvalue weighted by Crippen LogP contribution is 2.61. The summed E-state index contributed by atoms with van der Waals surface area (Å²) in [5, 5.41) is 22.2. The standard InChI is InChI=1S/C10H15BrO4/c1-8(2)9(3,6(12)13)4-5-10(8,11)7(14)15/h4-5H2,1-3H3,(H,12,13)(H,14,15)/p-2/t9-,10+/m0/s1. The summed E-state index contributed by atoms with van der Waals surface area (Å²) >= 11 is 3.12. The Morgan fingerprint density at radius 2 is 1.53 bits per heavy atom. The monoisotopic (exact) mass is 276 g/mol. The van der Waals surface area contributed by atoms with Crippen molar-refractivity contribution in [1.29, 1.82) is 0 Å². The molecule has 0 saturated heterocycles. The Bertz CT molecular complexity index is 295. The van der Waals surface area contributed by atoms with Crippen molar-refractivity contribution in [1.82, 2.24) is 0 Å². The number of carboxylic acids is 2. The summed E-state index contributed by atoms with van der Waals surface area (Å²) in [5.74, 6) is -2.48. The Morgan fingerprint density at radius 3 is 1.73 bits per heavy atom. The Labute approximate surface area is 96.8 Å². The van der Waals surface area contributed by atoms with Crippen LogP contribution >= 0.6 is 15.9 Å². The van der Waals surface area contributed by atoms with Gasteiger partial charge >= 0.3 is 0 Å². The lowest BCUT2D eigenvalue weighted by molar-refractivity contribution is -0.325. The molecule has 0 amide bonds. The van der Waals surface area contributed by atoms with E-state index in [2.05, 4.69) is 15.9 Å². The number of halogens is 1. The molecule has 0 bridgehead atoms. The van der Waals surface area contributed by atoms with Crippen molar-refractivity contribution in [2.24, 2.45) is 10.8 Å². The quantitative estimate of drug-likeness (QED) is 0.634. The minimum Gasteiger partial charge on any atom is -0.550 e. The summed E-state index contributed by atoms with van der Waals surface area (Å²) in [7, 11) is 0. The van der Waals surface area contributed by atoms with Crippen LogP contribution in [0.2, 0.25) is 0 Å². The molecule has 1 saturated carbocycles. The predicted octanol–water partition coefficient (Wildman–Crippen LogP) is -0.554. The van der Waals surface area contributed by atoms with Crippen molar-refractivity contribution in [3.63, 3.8) is 0 Å². The molecule has 4 nitrogen and oxygen atoms in total. The first-order chi connectivity index (χ1) is 6.59. The topological polar surface area (TPSA) is 80.3 Å². The molecule has 0 heterocycles. The van der Waals surface area contributed by atoms with Crippen LogP contribution in [-0.2, 0) is 9.59 Å². The first-order valence-corrected chi connectivity index (χ1v) is 5.51. The molecule has 0 aromatic rings. The number of aliphatic carboxylic acids is 2. The normalized spacial score (nSPS) is 38.9. The molecule has 5 heteroatoms. The molecule has 0 aromatic carbocycles. The number of carbonyl (C=O) groups excluding carboxylic acids is 2. The van der Waals surface area contributed by atoms with Crippen LogP contribution in [0.5, 0.6) is 0 Å². The van der Waals surface area contributed by atoms with E-state index in [0.29, 0.717) is 0 Å². The maximum Gasteiger partial charge on any atom is 0.0711 e. The average Bonchev–Trinajstić information content (AvgIpc) is 2.28. The lowest BCUT2D eigenvalue weighted by atomic mass is 9.65. The molecule has 2 atom stereocenters. The largest absolute Gasteiger partial charge is 0.550 e. The molecule has 15 heavy (non-hydrogen) atoms. The molecule has 0 aromatic heterocycles. The Morgan fingerprint density at radius 1 is 1.07 bits per heavy atom. The van der Waals surface area contributed by atoms with E-state index < -0.39 is 27.1 Å². The second kappa shape index (κ2) is 3.20. The summed E-state index contributed by atoms with van der Waals surface area (Å²) in [6.45, 7) is 4.75. The first-order valence-electron chi connectivity index (χ1n) is 4.71. The minimum absolute atomic E-state index is 0.229. The van der Waals surface area contributed by atoms with Crippen LogP contribution in [0.3, 0.4) is 0 Å². The molecule has 86 valence electrons. The summed E-state index contributed by atoms with van der Waals surface area (Å²) in [6, 6.07) is 0. The van der Waals surface area contributed by atoms with Gasteiger partial charge in [-0.25, -0.2) is 0 Å². The molecular formula is C10H13BrO4-2. The third kappa shape index (κ3) is 1.32. The molecule has 1 fully saturated rings. The fourth-order valence-corrected chi connectivity index (χ4v) is 2.83.